The van der Waals surface area contributed by atoms with E-state index in [-0.39, 0.29) is 12.5 Å². The van der Waals surface area contributed by atoms with Crippen LogP contribution in [0.1, 0.15) is 43.0 Å². The van der Waals surface area contributed by atoms with E-state index in [0.29, 0.717) is 24.8 Å². The highest BCUT2D eigenvalue weighted by molar-refractivity contribution is 5.15. The molecule has 1 fully saturated rings. The molecular weight excluding hydrogens is 231 g/mol. The van der Waals surface area contributed by atoms with Crippen LogP contribution in [0.4, 0.5) is 13.2 Å². The van der Waals surface area contributed by atoms with Gasteiger partial charge in [-0.1, -0.05) is 0 Å². The van der Waals surface area contributed by atoms with E-state index >= 15 is 0 Å². The van der Waals surface area contributed by atoms with Gasteiger partial charge in [-0.25, -0.2) is 23.1 Å². The van der Waals surface area contributed by atoms with E-state index in [1.54, 1.807) is 0 Å². The van der Waals surface area contributed by atoms with Gasteiger partial charge in [-0.15, -0.1) is 0 Å². The summed E-state index contributed by atoms with van der Waals surface area (Å²) in [4.78, 5) is 7.12. The molecule has 1 aliphatic carbocycles. The van der Waals surface area contributed by atoms with Crippen molar-refractivity contribution in [2.75, 3.05) is 6.54 Å². The number of halogens is 3. The average molecular weight is 245 g/mol. The van der Waals surface area contributed by atoms with Gasteiger partial charge in [0.15, 0.2) is 5.82 Å². The summed E-state index contributed by atoms with van der Waals surface area (Å²) in [6.07, 6.45) is 1.38. The lowest BCUT2D eigenvalue weighted by Crippen LogP contribution is -2.18. The smallest absolute Gasteiger partial charge is 0.297 e. The van der Waals surface area contributed by atoms with E-state index in [2.05, 4.69) is 9.97 Å². The maximum Gasteiger partial charge on any atom is 0.297 e. The first-order valence-corrected chi connectivity index (χ1v) is 5.53. The van der Waals surface area contributed by atoms with Crippen LogP contribution in [0.25, 0.3) is 0 Å². The summed E-state index contributed by atoms with van der Waals surface area (Å²) in [5.74, 6) is -0.708. The number of aromatic nitrogens is 2. The van der Waals surface area contributed by atoms with Gasteiger partial charge in [-0.2, -0.15) is 0 Å². The molecule has 6 heteroatoms. The summed E-state index contributed by atoms with van der Waals surface area (Å²) in [7, 11) is 0. The quantitative estimate of drug-likeness (QED) is 0.866. The maximum absolute atomic E-state index is 13.6. The normalized spacial score (nSPS) is 19.4. The molecule has 0 aromatic carbocycles. The van der Waals surface area contributed by atoms with Crippen molar-refractivity contribution < 1.29 is 13.2 Å². The van der Waals surface area contributed by atoms with Crippen LogP contribution in [-0.2, 0) is 0 Å². The molecule has 3 nitrogen and oxygen atoms in total. The van der Waals surface area contributed by atoms with Crippen molar-refractivity contribution in [3.05, 3.63) is 23.8 Å². The summed E-state index contributed by atoms with van der Waals surface area (Å²) in [6, 6.07) is 0. The topological polar surface area (TPSA) is 51.8 Å². The Morgan fingerprint density at radius 1 is 1.29 bits per heavy atom. The van der Waals surface area contributed by atoms with Crippen molar-refractivity contribution in [2.24, 2.45) is 5.73 Å². The Morgan fingerprint density at radius 2 is 1.88 bits per heavy atom. The molecule has 1 aromatic rings. The Hall–Kier alpha value is -1.17. The molecule has 1 saturated carbocycles. The molecule has 0 radical (unpaired) electrons. The molecule has 2 N–H and O–H groups in total. The Morgan fingerprint density at radius 3 is 2.29 bits per heavy atom. The van der Waals surface area contributed by atoms with Gasteiger partial charge in [-0.05, 0) is 31.4 Å². The number of alkyl halides is 3. The first-order chi connectivity index (χ1) is 8.04. The van der Waals surface area contributed by atoms with Gasteiger partial charge in [0, 0.05) is 18.3 Å². The van der Waals surface area contributed by atoms with Crippen molar-refractivity contribution in [1.82, 2.24) is 9.97 Å². The molecular formula is C11H14F3N3. The van der Waals surface area contributed by atoms with Crippen LogP contribution in [0.2, 0.25) is 0 Å². The lowest BCUT2D eigenvalue weighted by molar-refractivity contribution is 0.140. The van der Waals surface area contributed by atoms with E-state index in [1.165, 1.54) is 12.4 Å². The van der Waals surface area contributed by atoms with Gasteiger partial charge in [-0.3, -0.25) is 0 Å². The molecule has 1 atom stereocenters. The molecule has 0 bridgehead atoms. The number of rotatable bonds is 5. The highest BCUT2D eigenvalue weighted by atomic mass is 19.3. The summed E-state index contributed by atoms with van der Waals surface area (Å²) in [5.41, 5.74) is 5.07. The van der Waals surface area contributed by atoms with Crippen molar-refractivity contribution in [3.8, 4) is 0 Å². The second-order valence-corrected chi connectivity index (χ2v) is 4.46. The van der Waals surface area contributed by atoms with Gasteiger partial charge in [0.05, 0.1) is 0 Å². The molecule has 1 aromatic heterocycles. The molecule has 0 amide bonds. The van der Waals surface area contributed by atoms with Crippen LogP contribution in [0.5, 0.6) is 0 Å². The van der Waals surface area contributed by atoms with Crippen LogP contribution in [0.15, 0.2) is 12.4 Å². The van der Waals surface area contributed by atoms with Crippen LogP contribution in [0, 0.1) is 0 Å². The standard InChI is InChI=1S/C11H14F3N3/c12-9(13)10-16-5-8(6-17-10)7(4-15)3-11(14)1-2-11/h5-7,9H,1-4,15H2/t7-/m0/s1. The number of hydrogen-bond acceptors (Lipinski definition) is 3. The highest BCUT2D eigenvalue weighted by Crippen LogP contribution is 2.46. The van der Waals surface area contributed by atoms with E-state index < -0.39 is 17.9 Å². The van der Waals surface area contributed by atoms with E-state index in [1.807, 2.05) is 0 Å². The Balaban J connectivity index is 2.08. The van der Waals surface area contributed by atoms with Crippen LogP contribution < -0.4 is 5.73 Å². The fourth-order valence-corrected chi connectivity index (χ4v) is 1.79. The van der Waals surface area contributed by atoms with Gasteiger partial charge in [0.1, 0.15) is 5.67 Å². The summed E-state index contributed by atoms with van der Waals surface area (Å²) < 4.78 is 38.1. The minimum Gasteiger partial charge on any atom is -0.330 e. The fourth-order valence-electron chi connectivity index (χ4n) is 1.79. The molecule has 17 heavy (non-hydrogen) atoms. The van der Waals surface area contributed by atoms with E-state index in [0.717, 1.165) is 0 Å². The third-order valence-electron chi connectivity index (χ3n) is 3.05. The van der Waals surface area contributed by atoms with Crippen LogP contribution >= 0.6 is 0 Å². The molecule has 0 saturated heterocycles. The van der Waals surface area contributed by atoms with Crippen molar-refractivity contribution in [2.45, 2.75) is 37.3 Å². The van der Waals surface area contributed by atoms with Crippen LogP contribution in [0.3, 0.4) is 0 Å². The zero-order chi connectivity index (χ0) is 12.5. The van der Waals surface area contributed by atoms with Gasteiger partial charge >= 0.3 is 0 Å². The molecule has 0 unspecified atom stereocenters. The lowest BCUT2D eigenvalue weighted by atomic mass is 9.95. The number of nitrogens with two attached hydrogens (primary N) is 1. The molecule has 1 heterocycles. The first kappa shape index (κ1) is 12.3. The molecule has 1 aliphatic rings. The molecule has 94 valence electrons. The maximum atomic E-state index is 13.6. The van der Waals surface area contributed by atoms with E-state index in [9.17, 15) is 13.2 Å². The second-order valence-electron chi connectivity index (χ2n) is 4.46. The minimum absolute atomic E-state index is 0.200. The first-order valence-electron chi connectivity index (χ1n) is 5.53. The van der Waals surface area contributed by atoms with Gasteiger partial charge in [0.25, 0.3) is 6.43 Å². The van der Waals surface area contributed by atoms with E-state index in [4.69, 9.17) is 5.73 Å². The average Bonchev–Trinajstić information content (AvgIpc) is 3.05. The predicted molar refractivity (Wildman–Crippen MR) is 56.5 cm³/mol. The Bertz CT molecular complexity index is 376. The van der Waals surface area contributed by atoms with Crippen molar-refractivity contribution in [1.29, 1.82) is 0 Å². The monoisotopic (exact) mass is 245 g/mol. The molecule has 0 aliphatic heterocycles. The minimum atomic E-state index is -2.68. The third-order valence-corrected chi connectivity index (χ3v) is 3.05. The second kappa shape index (κ2) is 4.60. The molecule has 2 rings (SSSR count). The summed E-state index contributed by atoms with van der Waals surface area (Å²) in [6.45, 7) is 0.267. The van der Waals surface area contributed by atoms with Crippen molar-refractivity contribution >= 4 is 0 Å². The Labute approximate surface area is 97.3 Å². The zero-order valence-electron chi connectivity index (χ0n) is 9.24. The summed E-state index contributed by atoms with van der Waals surface area (Å²) >= 11 is 0. The lowest BCUT2D eigenvalue weighted by Gasteiger charge is -2.16. The van der Waals surface area contributed by atoms with Crippen LogP contribution in [-0.4, -0.2) is 22.2 Å². The highest BCUT2D eigenvalue weighted by Gasteiger charge is 2.44. The zero-order valence-corrected chi connectivity index (χ0v) is 9.24. The van der Waals surface area contributed by atoms with Gasteiger partial charge < -0.3 is 5.73 Å². The summed E-state index contributed by atoms with van der Waals surface area (Å²) in [5, 5.41) is 0. The fraction of sp³-hybridized carbons (Fsp3) is 0.636. The van der Waals surface area contributed by atoms with Crippen molar-refractivity contribution in [3.63, 3.8) is 0 Å². The largest absolute Gasteiger partial charge is 0.330 e. The molecule has 0 spiro atoms. The van der Waals surface area contributed by atoms with Gasteiger partial charge in [0.2, 0.25) is 0 Å². The SMILES string of the molecule is NC[C@H](CC1(F)CC1)c1cnc(C(F)F)nc1. The third kappa shape index (κ3) is 2.94. The number of nitrogens with zero attached hydrogens (tertiary/aromatic N) is 2. The number of hydrogen-bond donors (Lipinski definition) is 1. The predicted octanol–water partition coefficient (Wildman–Crippen LogP) is 2.35. The Kier molecular flexibility index (Phi) is 3.33.